The van der Waals surface area contributed by atoms with Gasteiger partial charge in [0.2, 0.25) is 0 Å². The smallest absolute Gasteiger partial charge is 0.124 e. The van der Waals surface area contributed by atoms with Gasteiger partial charge in [0.25, 0.3) is 0 Å². The molecule has 0 spiro atoms. The first-order valence-electron chi connectivity index (χ1n) is 7.35. The molecule has 2 rings (SSSR count). The highest BCUT2D eigenvalue weighted by molar-refractivity contribution is 5.44. The van der Waals surface area contributed by atoms with Crippen molar-refractivity contribution in [3.05, 3.63) is 65.0 Å². The van der Waals surface area contributed by atoms with Crippen LogP contribution in [-0.4, -0.2) is 13.7 Å². The highest BCUT2D eigenvalue weighted by atomic mass is 19.1. The largest absolute Gasteiger partial charge is 0.496 e. The van der Waals surface area contributed by atoms with Gasteiger partial charge in [0, 0.05) is 5.56 Å². The monoisotopic (exact) mass is 287 g/mol. The number of ether oxygens (including phenoxy) is 1. The summed E-state index contributed by atoms with van der Waals surface area (Å²) in [6, 6.07) is 12.9. The van der Waals surface area contributed by atoms with Gasteiger partial charge >= 0.3 is 0 Å². The molecule has 112 valence electrons. The molecule has 0 aliphatic rings. The maximum atomic E-state index is 13.7. The molecule has 21 heavy (non-hydrogen) atoms. The lowest BCUT2D eigenvalue weighted by Crippen LogP contribution is -2.23. The van der Waals surface area contributed by atoms with Gasteiger partial charge in [-0.3, -0.25) is 0 Å². The van der Waals surface area contributed by atoms with Crippen LogP contribution >= 0.6 is 0 Å². The second kappa shape index (κ2) is 7.23. The highest BCUT2D eigenvalue weighted by Crippen LogP contribution is 2.32. The molecule has 1 atom stereocenters. The standard InChI is InChI=1S/C18H22FNO/c1-4-13-8-6-7-9-15(13)18(20-5-2)16-12-14(19)10-11-17(16)21-3/h6-12,18,20H,4-5H2,1-3H3. The van der Waals surface area contributed by atoms with E-state index >= 15 is 0 Å². The van der Waals surface area contributed by atoms with Gasteiger partial charge in [-0.05, 0) is 42.3 Å². The molecule has 0 saturated heterocycles. The quantitative estimate of drug-likeness (QED) is 0.864. The van der Waals surface area contributed by atoms with Crippen LogP contribution in [0, 0.1) is 5.82 Å². The molecule has 2 nitrogen and oxygen atoms in total. The molecule has 0 amide bonds. The Morgan fingerprint density at radius 1 is 1.10 bits per heavy atom. The third-order valence-corrected chi connectivity index (χ3v) is 3.66. The van der Waals surface area contributed by atoms with E-state index in [1.807, 2.05) is 19.1 Å². The van der Waals surface area contributed by atoms with Crippen LogP contribution in [0.1, 0.15) is 36.6 Å². The fourth-order valence-corrected chi connectivity index (χ4v) is 2.66. The molecular formula is C18H22FNO. The topological polar surface area (TPSA) is 21.3 Å². The first-order valence-corrected chi connectivity index (χ1v) is 7.35. The molecule has 0 radical (unpaired) electrons. The van der Waals surface area contributed by atoms with Gasteiger partial charge in [-0.25, -0.2) is 4.39 Å². The van der Waals surface area contributed by atoms with E-state index in [2.05, 4.69) is 24.4 Å². The van der Waals surface area contributed by atoms with Crippen molar-refractivity contribution in [3.8, 4) is 5.75 Å². The van der Waals surface area contributed by atoms with Crippen molar-refractivity contribution in [3.63, 3.8) is 0 Å². The second-order valence-corrected chi connectivity index (χ2v) is 4.93. The average molecular weight is 287 g/mol. The minimum atomic E-state index is -0.248. The Kier molecular flexibility index (Phi) is 5.34. The van der Waals surface area contributed by atoms with E-state index in [0.29, 0.717) is 5.75 Å². The maximum absolute atomic E-state index is 13.7. The molecule has 0 aromatic heterocycles. The molecule has 0 bridgehead atoms. The average Bonchev–Trinajstić information content (AvgIpc) is 2.52. The molecule has 0 fully saturated rings. The van der Waals surface area contributed by atoms with Crippen LogP contribution < -0.4 is 10.1 Å². The van der Waals surface area contributed by atoms with Gasteiger partial charge in [-0.2, -0.15) is 0 Å². The number of aryl methyl sites for hydroxylation is 1. The normalized spacial score (nSPS) is 12.2. The fraction of sp³-hybridized carbons (Fsp3) is 0.333. The number of hydrogen-bond donors (Lipinski definition) is 1. The minimum absolute atomic E-state index is 0.0724. The lowest BCUT2D eigenvalue weighted by molar-refractivity contribution is 0.402. The van der Waals surface area contributed by atoms with Crippen molar-refractivity contribution in [2.24, 2.45) is 0 Å². The van der Waals surface area contributed by atoms with Crippen molar-refractivity contribution < 1.29 is 9.13 Å². The van der Waals surface area contributed by atoms with E-state index in [1.54, 1.807) is 19.2 Å². The Hall–Kier alpha value is -1.87. The van der Waals surface area contributed by atoms with Crippen LogP contribution in [0.4, 0.5) is 4.39 Å². The Labute approximate surface area is 126 Å². The minimum Gasteiger partial charge on any atom is -0.496 e. The summed E-state index contributed by atoms with van der Waals surface area (Å²) in [6.07, 6.45) is 0.940. The van der Waals surface area contributed by atoms with E-state index < -0.39 is 0 Å². The SMILES string of the molecule is CCNC(c1ccccc1CC)c1cc(F)ccc1OC. The molecule has 0 aliphatic carbocycles. The molecule has 1 unspecified atom stereocenters. The molecule has 0 saturated carbocycles. The Morgan fingerprint density at radius 2 is 1.86 bits per heavy atom. The summed E-state index contributed by atoms with van der Waals surface area (Å²) in [6.45, 7) is 4.97. The lowest BCUT2D eigenvalue weighted by atomic mass is 9.92. The molecular weight excluding hydrogens is 265 g/mol. The molecule has 3 heteroatoms. The summed E-state index contributed by atoms with van der Waals surface area (Å²) < 4.78 is 19.1. The van der Waals surface area contributed by atoms with Crippen molar-refractivity contribution in [2.45, 2.75) is 26.3 Å². The zero-order valence-electron chi connectivity index (χ0n) is 12.8. The van der Waals surface area contributed by atoms with Crippen LogP contribution in [0.2, 0.25) is 0 Å². The summed E-state index contributed by atoms with van der Waals surface area (Å²) in [5.74, 6) is 0.455. The van der Waals surface area contributed by atoms with Crippen molar-refractivity contribution in [1.82, 2.24) is 5.32 Å². The summed E-state index contributed by atoms with van der Waals surface area (Å²) in [7, 11) is 1.62. The highest BCUT2D eigenvalue weighted by Gasteiger charge is 2.20. The predicted octanol–water partition coefficient (Wildman–Crippen LogP) is 4.10. The van der Waals surface area contributed by atoms with Crippen LogP contribution in [-0.2, 0) is 6.42 Å². The van der Waals surface area contributed by atoms with Crippen molar-refractivity contribution in [1.29, 1.82) is 0 Å². The summed E-state index contributed by atoms with van der Waals surface area (Å²) in [5, 5.41) is 3.45. The number of rotatable bonds is 6. The van der Waals surface area contributed by atoms with Gasteiger partial charge < -0.3 is 10.1 Å². The molecule has 0 aliphatic heterocycles. The fourth-order valence-electron chi connectivity index (χ4n) is 2.66. The van der Waals surface area contributed by atoms with Crippen molar-refractivity contribution >= 4 is 0 Å². The summed E-state index contributed by atoms with van der Waals surface area (Å²) >= 11 is 0. The number of benzene rings is 2. The Morgan fingerprint density at radius 3 is 2.52 bits per heavy atom. The Bertz CT molecular complexity index is 598. The number of halogens is 1. The van der Waals surface area contributed by atoms with E-state index in [1.165, 1.54) is 17.2 Å². The van der Waals surface area contributed by atoms with Gasteiger partial charge in [0.1, 0.15) is 11.6 Å². The first-order chi connectivity index (χ1) is 10.2. The van der Waals surface area contributed by atoms with Gasteiger partial charge in [0.05, 0.1) is 13.2 Å². The first kappa shape index (κ1) is 15.5. The second-order valence-electron chi connectivity index (χ2n) is 4.93. The summed E-state index contributed by atoms with van der Waals surface area (Å²) in [5.41, 5.74) is 3.26. The Balaban J connectivity index is 2.55. The van der Waals surface area contributed by atoms with Crippen LogP contribution in [0.5, 0.6) is 5.75 Å². The maximum Gasteiger partial charge on any atom is 0.124 e. The lowest BCUT2D eigenvalue weighted by Gasteiger charge is -2.23. The van der Waals surface area contributed by atoms with E-state index in [-0.39, 0.29) is 11.9 Å². The zero-order chi connectivity index (χ0) is 15.2. The van der Waals surface area contributed by atoms with Crippen molar-refractivity contribution in [2.75, 3.05) is 13.7 Å². The number of nitrogens with one attached hydrogen (secondary N) is 1. The van der Waals surface area contributed by atoms with Crippen LogP contribution in [0.3, 0.4) is 0 Å². The molecule has 2 aromatic rings. The number of hydrogen-bond acceptors (Lipinski definition) is 2. The van der Waals surface area contributed by atoms with Crippen LogP contribution in [0.15, 0.2) is 42.5 Å². The number of methoxy groups -OCH3 is 1. The molecule has 1 N–H and O–H groups in total. The van der Waals surface area contributed by atoms with Gasteiger partial charge in [0.15, 0.2) is 0 Å². The molecule has 0 heterocycles. The van der Waals surface area contributed by atoms with Gasteiger partial charge in [-0.1, -0.05) is 38.1 Å². The van der Waals surface area contributed by atoms with E-state index in [0.717, 1.165) is 18.5 Å². The zero-order valence-corrected chi connectivity index (χ0v) is 12.8. The van der Waals surface area contributed by atoms with E-state index in [9.17, 15) is 4.39 Å². The third kappa shape index (κ3) is 3.42. The third-order valence-electron chi connectivity index (χ3n) is 3.66. The van der Waals surface area contributed by atoms with E-state index in [4.69, 9.17) is 4.74 Å². The predicted molar refractivity (Wildman–Crippen MR) is 84.3 cm³/mol. The molecule has 2 aromatic carbocycles. The van der Waals surface area contributed by atoms with Crippen LogP contribution in [0.25, 0.3) is 0 Å². The van der Waals surface area contributed by atoms with Gasteiger partial charge in [-0.15, -0.1) is 0 Å². The summed E-state index contributed by atoms with van der Waals surface area (Å²) in [4.78, 5) is 0.